The zero-order valence-electron chi connectivity index (χ0n) is 12.6. The molecule has 0 bridgehead atoms. The van der Waals surface area contributed by atoms with Crippen molar-refractivity contribution in [2.24, 2.45) is 5.84 Å². The normalized spacial score (nSPS) is 17.0. The van der Waals surface area contributed by atoms with Gasteiger partial charge in [0, 0.05) is 18.5 Å². The molecule has 1 aliphatic rings. The van der Waals surface area contributed by atoms with Gasteiger partial charge in [-0.25, -0.2) is 0 Å². The largest absolute Gasteiger partial charge is 0.488 e. The molecule has 1 atom stereocenters. The lowest BCUT2D eigenvalue weighted by atomic mass is 9.96. The summed E-state index contributed by atoms with van der Waals surface area (Å²) in [4.78, 5) is 0. The highest BCUT2D eigenvalue weighted by atomic mass is 19.4. The predicted octanol–water partition coefficient (Wildman–Crippen LogP) is 3.45. The van der Waals surface area contributed by atoms with Crippen LogP contribution in [0.4, 0.5) is 13.2 Å². The van der Waals surface area contributed by atoms with E-state index in [1.54, 1.807) is 0 Å². The molecule has 0 fully saturated rings. The lowest BCUT2D eigenvalue weighted by molar-refractivity contribution is -0.137. The van der Waals surface area contributed by atoms with E-state index in [2.05, 4.69) is 5.43 Å². The van der Waals surface area contributed by atoms with Gasteiger partial charge in [-0.1, -0.05) is 29.8 Å². The van der Waals surface area contributed by atoms with Gasteiger partial charge in [-0.15, -0.1) is 0 Å². The van der Waals surface area contributed by atoms with Gasteiger partial charge in [-0.3, -0.25) is 11.3 Å². The highest BCUT2D eigenvalue weighted by Gasteiger charge is 2.35. The second-order valence-electron chi connectivity index (χ2n) is 5.73. The van der Waals surface area contributed by atoms with Crippen molar-refractivity contribution in [2.75, 3.05) is 6.54 Å². The van der Waals surface area contributed by atoms with Crippen molar-refractivity contribution in [1.82, 2.24) is 5.43 Å². The molecule has 1 aliphatic heterocycles. The zero-order valence-corrected chi connectivity index (χ0v) is 12.6. The molecule has 0 saturated carbocycles. The Labute approximate surface area is 132 Å². The maximum Gasteiger partial charge on any atom is 0.416 e. The Hall–Kier alpha value is -2.05. The molecule has 2 aromatic carbocycles. The minimum absolute atomic E-state index is 0.261. The van der Waals surface area contributed by atoms with Crippen LogP contribution in [-0.2, 0) is 12.6 Å². The van der Waals surface area contributed by atoms with Crippen molar-refractivity contribution < 1.29 is 17.9 Å². The van der Waals surface area contributed by atoms with E-state index in [0.29, 0.717) is 35.4 Å². The summed E-state index contributed by atoms with van der Waals surface area (Å²) in [6, 6.07) is 9.68. The first-order chi connectivity index (χ1) is 10.9. The Morgan fingerprint density at radius 1 is 1.22 bits per heavy atom. The molecule has 0 aliphatic carbocycles. The van der Waals surface area contributed by atoms with Gasteiger partial charge < -0.3 is 4.74 Å². The minimum Gasteiger partial charge on any atom is -0.488 e. The number of alkyl halides is 3. The molecule has 0 spiro atoms. The molecule has 0 aromatic heterocycles. The van der Waals surface area contributed by atoms with E-state index in [-0.39, 0.29) is 6.10 Å². The van der Waals surface area contributed by atoms with Gasteiger partial charge in [-0.05, 0) is 30.2 Å². The van der Waals surface area contributed by atoms with Gasteiger partial charge in [0.2, 0.25) is 0 Å². The summed E-state index contributed by atoms with van der Waals surface area (Å²) in [5, 5.41) is 0. The van der Waals surface area contributed by atoms with Crippen LogP contribution in [0.2, 0.25) is 0 Å². The second-order valence-corrected chi connectivity index (χ2v) is 5.73. The van der Waals surface area contributed by atoms with Crippen LogP contribution in [0.1, 0.15) is 16.7 Å². The van der Waals surface area contributed by atoms with Crippen LogP contribution < -0.4 is 16.0 Å². The van der Waals surface area contributed by atoms with Gasteiger partial charge in [0.25, 0.3) is 0 Å². The summed E-state index contributed by atoms with van der Waals surface area (Å²) in [7, 11) is 0. The number of hydrazine groups is 1. The molecular formula is C17H17F3N2O. The average Bonchev–Trinajstić information content (AvgIpc) is 2.89. The highest BCUT2D eigenvalue weighted by Crippen LogP contribution is 2.43. The third kappa shape index (κ3) is 3.18. The van der Waals surface area contributed by atoms with Crippen LogP contribution in [0.3, 0.4) is 0 Å². The number of nitrogens with two attached hydrogens (primary N) is 1. The smallest absolute Gasteiger partial charge is 0.416 e. The monoisotopic (exact) mass is 322 g/mol. The number of halogens is 3. The Kier molecular flexibility index (Phi) is 4.04. The number of aryl methyl sites for hydroxylation is 1. The molecule has 23 heavy (non-hydrogen) atoms. The lowest BCUT2D eigenvalue weighted by Gasteiger charge is -2.14. The van der Waals surface area contributed by atoms with E-state index in [4.69, 9.17) is 10.6 Å². The van der Waals surface area contributed by atoms with E-state index in [9.17, 15) is 13.2 Å². The van der Waals surface area contributed by atoms with Crippen LogP contribution in [-0.4, -0.2) is 12.6 Å². The summed E-state index contributed by atoms with van der Waals surface area (Å²) >= 11 is 0. The second kappa shape index (κ2) is 5.86. The summed E-state index contributed by atoms with van der Waals surface area (Å²) in [6.45, 7) is 2.31. The molecule has 0 amide bonds. The van der Waals surface area contributed by atoms with Crippen molar-refractivity contribution >= 4 is 0 Å². The quantitative estimate of drug-likeness (QED) is 0.672. The first kappa shape index (κ1) is 15.8. The van der Waals surface area contributed by atoms with E-state index < -0.39 is 11.7 Å². The lowest BCUT2D eigenvalue weighted by Crippen LogP contribution is -2.34. The molecule has 122 valence electrons. The van der Waals surface area contributed by atoms with Gasteiger partial charge in [0.05, 0.1) is 5.56 Å². The number of hydrogen-bond donors (Lipinski definition) is 2. The van der Waals surface area contributed by atoms with Crippen molar-refractivity contribution in [3.63, 3.8) is 0 Å². The summed E-state index contributed by atoms with van der Waals surface area (Å²) in [5.74, 6) is 5.81. The minimum atomic E-state index is -4.39. The summed E-state index contributed by atoms with van der Waals surface area (Å²) in [5.41, 5.74) is 4.64. The van der Waals surface area contributed by atoms with Gasteiger partial charge >= 0.3 is 6.18 Å². The molecule has 0 saturated heterocycles. The number of ether oxygens (including phenoxy) is 1. The average molecular weight is 322 g/mol. The molecule has 0 radical (unpaired) electrons. The van der Waals surface area contributed by atoms with Gasteiger partial charge in [-0.2, -0.15) is 13.2 Å². The Bertz CT molecular complexity index is 711. The number of benzene rings is 2. The fourth-order valence-electron chi connectivity index (χ4n) is 2.79. The highest BCUT2D eigenvalue weighted by molar-refractivity contribution is 5.74. The van der Waals surface area contributed by atoms with Crippen LogP contribution in [0, 0.1) is 6.92 Å². The van der Waals surface area contributed by atoms with Crippen LogP contribution in [0.5, 0.6) is 5.75 Å². The Morgan fingerprint density at radius 2 is 1.91 bits per heavy atom. The predicted molar refractivity (Wildman–Crippen MR) is 81.9 cm³/mol. The summed E-state index contributed by atoms with van der Waals surface area (Å²) < 4.78 is 45.4. The SMILES string of the molecule is Cc1ccc(-c2cc(C(F)(F)F)cc3c2OC(CNN)C3)cc1. The fourth-order valence-corrected chi connectivity index (χ4v) is 2.79. The van der Waals surface area contributed by atoms with E-state index in [1.807, 2.05) is 31.2 Å². The van der Waals surface area contributed by atoms with Crippen molar-refractivity contribution in [3.05, 3.63) is 53.1 Å². The first-order valence-electron chi connectivity index (χ1n) is 7.30. The van der Waals surface area contributed by atoms with Gasteiger partial charge in [0.15, 0.2) is 0 Å². The molecule has 6 heteroatoms. The first-order valence-corrected chi connectivity index (χ1v) is 7.30. The van der Waals surface area contributed by atoms with Crippen LogP contribution in [0.25, 0.3) is 11.1 Å². The molecule has 3 nitrogen and oxygen atoms in total. The number of nitrogens with one attached hydrogen (secondary N) is 1. The van der Waals surface area contributed by atoms with Crippen molar-refractivity contribution in [2.45, 2.75) is 25.6 Å². The molecule has 2 aromatic rings. The summed E-state index contributed by atoms with van der Waals surface area (Å²) in [6.07, 6.45) is -4.25. The third-order valence-corrected chi connectivity index (χ3v) is 3.93. The molecule has 1 heterocycles. The Morgan fingerprint density at radius 3 is 2.52 bits per heavy atom. The topological polar surface area (TPSA) is 47.3 Å². The van der Waals surface area contributed by atoms with Crippen molar-refractivity contribution in [1.29, 1.82) is 0 Å². The zero-order chi connectivity index (χ0) is 16.6. The molecule has 3 rings (SSSR count). The molecule has 3 N–H and O–H groups in total. The number of hydrogen-bond acceptors (Lipinski definition) is 3. The maximum atomic E-state index is 13.2. The van der Waals surface area contributed by atoms with Crippen LogP contribution >= 0.6 is 0 Å². The van der Waals surface area contributed by atoms with Gasteiger partial charge in [0.1, 0.15) is 11.9 Å². The maximum absolute atomic E-state index is 13.2. The third-order valence-electron chi connectivity index (χ3n) is 3.93. The molecular weight excluding hydrogens is 305 g/mol. The van der Waals surface area contributed by atoms with E-state index in [1.165, 1.54) is 6.07 Å². The Balaban J connectivity index is 2.11. The van der Waals surface area contributed by atoms with E-state index >= 15 is 0 Å². The van der Waals surface area contributed by atoms with Crippen LogP contribution in [0.15, 0.2) is 36.4 Å². The fraction of sp³-hybridized carbons (Fsp3) is 0.294. The number of rotatable bonds is 3. The van der Waals surface area contributed by atoms with E-state index in [0.717, 1.165) is 11.6 Å². The van der Waals surface area contributed by atoms with Crippen molar-refractivity contribution in [3.8, 4) is 16.9 Å². The standard InChI is InChI=1S/C17H17F3N2O/c1-10-2-4-11(5-3-10)15-8-13(17(18,19)20)6-12-7-14(9-22-21)23-16(12)15/h2-6,8,14,22H,7,9,21H2,1H3. The molecule has 1 unspecified atom stereocenters. The number of fused-ring (bicyclic) bond motifs is 1.